The summed E-state index contributed by atoms with van der Waals surface area (Å²) in [6.07, 6.45) is 2.24. The van der Waals surface area contributed by atoms with Crippen LogP contribution in [0.5, 0.6) is 0 Å². The van der Waals surface area contributed by atoms with Crippen LogP contribution in [0.3, 0.4) is 0 Å². The lowest BCUT2D eigenvalue weighted by Gasteiger charge is -2.37. The third kappa shape index (κ3) is 4.57. The van der Waals surface area contributed by atoms with Crippen LogP contribution in [0.4, 0.5) is 4.39 Å². The Morgan fingerprint density at radius 1 is 0.868 bits per heavy atom. The minimum Gasteiger partial charge on any atom is -0.351 e. The molecule has 0 fully saturated rings. The van der Waals surface area contributed by atoms with Crippen LogP contribution in [-0.4, -0.2) is 32.0 Å². The Balaban J connectivity index is 1.53. The van der Waals surface area contributed by atoms with Crippen molar-refractivity contribution in [1.29, 1.82) is 0 Å². The number of benzene rings is 3. The zero-order valence-corrected chi connectivity index (χ0v) is 20.2. The highest BCUT2D eigenvalue weighted by Crippen LogP contribution is 2.41. The number of nitrogens with one attached hydrogen (secondary N) is 3. The average Bonchev–Trinajstić information content (AvgIpc) is 3.31. The molecule has 8 nitrogen and oxygen atoms in total. The Kier molecular flexibility index (Phi) is 6.82. The molecule has 0 aliphatic carbocycles. The monoisotopic (exact) mass is 509 g/mol. The summed E-state index contributed by atoms with van der Waals surface area (Å²) in [5, 5.41) is 2.62. The van der Waals surface area contributed by atoms with E-state index in [0.29, 0.717) is 5.69 Å². The molecule has 0 saturated carbocycles. The molecule has 5 aromatic rings. The smallest absolute Gasteiger partial charge is 0.325 e. The first-order valence-corrected chi connectivity index (χ1v) is 12.0. The molecule has 190 valence electrons. The molecular formula is C29H24FN5O3. The number of halogens is 1. The van der Waals surface area contributed by atoms with E-state index in [0.717, 1.165) is 22.9 Å². The van der Waals surface area contributed by atoms with Crippen LogP contribution in [0, 0.1) is 6.08 Å². The zero-order valence-electron chi connectivity index (χ0n) is 20.2. The molecule has 0 saturated heterocycles. The van der Waals surface area contributed by atoms with E-state index in [2.05, 4.69) is 15.3 Å². The predicted molar refractivity (Wildman–Crippen MR) is 141 cm³/mol. The van der Waals surface area contributed by atoms with Crippen molar-refractivity contribution in [2.75, 3.05) is 6.54 Å². The van der Waals surface area contributed by atoms with Gasteiger partial charge in [0.15, 0.2) is 0 Å². The van der Waals surface area contributed by atoms with Crippen LogP contribution < -0.4 is 16.6 Å². The fourth-order valence-corrected chi connectivity index (χ4v) is 4.69. The summed E-state index contributed by atoms with van der Waals surface area (Å²) >= 11 is 0. The first-order chi connectivity index (χ1) is 18.5. The number of carbonyl (C=O) groups excluding carboxylic acids is 1. The van der Waals surface area contributed by atoms with E-state index >= 15 is 4.39 Å². The number of aromatic amines is 2. The second kappa shape index (κ2) is 10.5. The molecular weight excluding hydrogens is 485 g/mol. The Hall–Kier alpha value is -5.05. The molecule has 2 aromatic heterocycles. The van der Waals surface area contributed by atoms with Gasteiger partial charge in [-0.3, -0.25) is 19.1 Å². The lowest BCUT2D eigenvalue weighted by molar-refractivity contribution is 0.0952. The predicted octanol–water partition coefficient (Wildman–Crippen LogP) is 3.21. The van der Waals surface area contributed by atoms with E-state index in [1.54, 1.807) is 6.20 Å². The van der Waals surface area contributed by atoms with E-state index in [-0.39, 0.29) is 18.5 Å². The number of aromatic nitrogens is 4. The molecule has 3 aromatic carbocycles. The lowest BCUT2D eigenvalue weighted by Crippen LogP contribution is -2.38. The Morgan fingerprint density at radius 3 is 1.89 bits per heavy atom. The highest BCUT2D eigenvalue weighted by Gasteiger charge is 2.40. The van der Waals surface area contributed by atoms with Gasteiger partial charge in [0.2, 0.25) is 0 Å². The summed E-state index contributed by atoms with van der Waals surface area (Å²) in [5.74, 6) is -0.658. The second-order valence-corrected chi connectivity index (χ2v) is 8.67. The van der Waals surface area contributed by atoms with Gasteiger partial charge in [-0.2, -0.15) is 4.39 Å². The topological polar surface area (TPSA) is 113 Å². The highest BCUT2D eigenvalue weighted by molar-refractivity contribution is 5.93. The van der Waals surface area contributed by atoms with Crippen LogP contribution in [0.2, 0.25) is 0 Å². The second-order valence-electron chi connectivity index (χ2n) is 8.67. The maximum absolute atomic E-state index is 15.8. The van der Waals surface area contributed by atoms with Crippen molar-refractivity contribution in [3.63, 3.8) is 0 Å². The van der Waals surface area contributed by atoms with E-state index in [4.69, 9.17) is 0 Å². The van der Waals surface area contributed by atoms with Gasteiger partial charge >= 0.3 is 5.69 Å². The van der Waals surface area contributed by atoms with Gasteiger partial charge in [0.1, 0.15) is 11.1 Å². The standard InChI is InChI=1S/C29H24FN5O3/c30-27-33-23(16-17-31-25(36)24-18-32-28(38)34-26(24)37)19-35(27)29(20-10-4-1-5-11-20,21-12-6-2-7-13-21)22-14-8-3-9-15-22/h1-15,18-19H,16-17H2,(H,31,36)(H2,32,34,37,38). The summed E-state index contributed by atoms with van der Waals surface area (Å²) in [5.41, 5.74) is 0.211. The summed E-state index contributed by atoms with van der Waals surface area (Å²) in [7, 11) is 0. The van der Waals surface area contributed by atoms with Gasteiger partial charge in [0.25, 0.3) is 17.5 Å². The molecule has 1 amide bonds. The normalized spacial score (nSPS) is 11.3. The molecule has 0 unspecified atom stereocenters. The average molecular weight is 510 g/mol. The van der Waals surface area contributed by atoms with Crippen molar-refractivity contribution in [3.8, 4) is 0 Å². The third-order valence-corrected chi connectivity index (χ3v) is 6.38. The van der Waals surface area contributed by atoms with Crippen LogP contribution >= 0.6 is 0 Å². The molecule has 0 spiro atoms. The van der Waals surface area contributed by atoms with Gasteiger partial charge in [-0.05, 0) is 16.7 Å². The van der Waals surface area contributed by atoms with Crippen LogP contribution in [0.1, 0.15) is 32.7 Å². The number of hydrogen-bond acceptors (Lipinski definition) is 4. The lowest BCUT2D eigenvalue weighted by atomic mass is 9.76. The maximum Gasteiger partial charge on any atom is 0.325 e. The largest absolute Gasteiger partial charge is 0.351 e. The molecule has 9 heteroatoms. The number of carbonyl (C=O) groups is 1. The summed E-state index contributed by atoms with van der Waals surface area (Å²) in [6.45, 7) is 0.100. The first kappa shape index (κ1) is 24.6. The molecule has 0 aliphatic rings. The van der Waals surface area contributed by atoms with E-state index in [9.17, 15) is 14.4 Å². The molecule has 3 N–H and O–H groups in total. The summed E-state index contributed by atoms with van der Waals surface area (Å²) < 4.78 is 17.3. The molecule has 38 heavy (non-hydrogen) atoms. The van der Waals surface area contributed by atoms with E-state index in [1.165, 1.54) is 4.57 Å². The van der Waals surface area contributed by atoms with Gasteiger partial charge < -0.3 is 10.3 Å². The number of rotatable bonds is 8. The molecule has 5 rings (SSSR count). The summed E-state index contributed by atoms with van der Waals surface area (Å²) in [4.78, 5) is 43.9. The van der Waals surface area contributed by atoms with E-state index < -0.39 is 28.8 Å². The van der Waals surface area contributed by atoms with Crippen molar-refractivity contribution in [2.24, 2.45) is 0 Å². The fourth-order valence-electron chi connectivity index (χ4n) is 4.69. The Labute approximate surface area is 216 Å². The van der Waals surface area contributed by atoms with Crippen LogP contribution in [-0.2, 0) is 12.0 Å². The van der Waals surface area contributed by atoms with Crippen LogP contribution in [0.25, 0.3) is 0 Å². The van der Waals surface area contributed by atoms with E-state index in [1.807, 2.05) is 96.0 Å². The Bertz CT molecular complexity index is 1560. The number of amides is 1. The fraction of sp³-hybridized carbons (Fsp3) is 0.103. The molecule has 2 heterocycles. The number of nitrogens with zero attached hydrogens (tertiary/aromatic N) is 2. The van der Waals surface area contributed by atoms with Crippen molar-refractivity contribution in [3.05, 3.63) is 158 Å². The van der Waals surface area contributed by atoms with Crippen molar-refractivity contribution < 1.29 is 9.18 Å². The van der Waals surface area contributed by atoms with Crippen molar-refractivity contribution in [2.45, 2.75) is 12.0 Å². The first-order valence-electron chi connectivity index (χ1n) is 12.0. The number of H-pyrrole nitrogens is 2. The maximum atomic E-state index is 15.8. The molecule has 0 atom stereocenters. The van der Waals surface area contributed by atoms with Gasteiger partial charge in [0.05, 0.1) is 5.69 Å². The quantitative estimate of drug-likeness (QED) is 0.279. The molecule has 0 radical (unpaired) electrons. The molecule has 0 bridgehead atoms. The van der Waals surface area contributed by atoms with Gasteiger partial charge in [-0.15, -0.1) is 0 Å². The SMILES string of the molecule is O=C(NCCc1cn(C(c2ccccc2)(c2ccccc2)c2ccccc2)c(F)n1)c1c[nH]c(=O)[nH]c1=O. The zero-order chi connectivity index (χ0) is 26.5. The van der Waals surface area contributed by atoms with Crippen molar-refractivity contribution in [1.82, 2.24) is 24.8 Å². The van der Waals surface area contributed by atoms with Crippen LogP contribution in [0.15, 0.2) is 113 Å². The third-order valence-electron chi connectivity index (χ3n) is 6.38. The van der Waals surface area contributed by atoms with Gasteiger partial charge in [-0.1, -0.05) is 91.0 Å². The summed E-state index contributed by atoms with van der Waals surface area (Å²) in [6, 6.07) is 29.0. The number of imidazole rings is 1. The number of hydrogen-bond donors (Lipinski definition) is 3. The van der Waals surface area contributed by atoms with Crippen molar-refractivity contribution >= 4 is 5.91 Å². The Morgan fingerprint density at radius 2 is 1.39 bits per heavy atom. The van der Waals surface area contributed by atoms with Gasteiger partial charge in [0, 0.05) is 25.4 Å². The minimum absolute atomic E-state index is 0.100. The highest BCUT2D eigenvalue weighted by atomic mass is 19.1. The minimum atomic E-state index is -1.05. The van der Waals surface area contributed by atoms with Gasteiger partial charge in [-0.25, -0.2) is 9.78 Å². The molecule has 0 aliphatic heterocycles.